The predicted octanol–water partition coefficient (Wildman–Crippen LogP) is 2.93. The number of fused-ring (bicyclic) bond motifs is 1. The number of aromatic nitrogens is 3. The van der Waals surface area contributed by atoms with Crippen molar-refractivity contribution >= 4 is 28.6 Å². The van der Waals surface area contributed by atoms with E-state index in [9.17, 15) is 10.2 Å². The molecule has 0 aliphatic carbocycles. The Morgan fingerprint density at radius 3 is 2.63 bits per heavy atom. The van der Waals surface area contributed by atoms with Gasteiger partial charge in [0, 0.05) is 37.3 Å². The number of nitrogens with one attached hydrogen (secondary N) is 2. The fraction of sp³-hybridized carbons (Fsp3) is 0.429. The lowest BCUT2D eigenvalue weighted by molar-refractivity contribution is 0.375. The van der Waals surface area contributed by atoms with Gasteiger partial charge < -0.3 is 31.1 Å². The van der Waals surface area contributed by atoms with E-state index in [2.05, 4.69) is 41.0 Å². The van der Waals surface area contributed by atoms with Gasteiger partial charge in [-0.1, -0.05) is 32.5 Å². The van der Waals surface area contributed by atoms with E-state index in [1.165, 1.54) is 11.8 Å². The average molecular weight is 431 g/mol. The SMILES string of the molecule is CNCc1cc(O)c(O)cc1Sc1nc2c(N)nccc2n1CCNCC(C)(C)C. The molecule has 0 amide bonds. The van der Waals surface area contributed by atoms with Gasteiger partial charge in [-0.15, -0.1) is 0 Å². The van der Waals surface area contributed by atoms with E-state index in [1.54, 1.807) is 18.3 Å². The van der Waals surface area contributed by atoms with E-state index >= 15 is 0 Å². The molecule has 0 fully saturated rings. The first-order valence-electron chi connectivity index (χ1n) is 9.88. The molecule has 0 aliphatic rings. The number of hydrogen-bond donors (Lipinski definition) is 5. The van der Waals surface area contributed by atoms with Crippen LogP contribution in [0.4, 0.5) is 5.82 Å². The van der Waals surface area contributed by atoms with E-state index in [0.717, 1.165) is 34.2 Å². The summed E-state index contributed by atoms with van der Waals surface area (Å²) in [7, 11) is 1.83. The van der Waals surface area contributed by atoms with Crippen LogP contribution in [0.3, 0.4) is 0 Å². The Bertz CT molecular complexity index is 1030. The normalized spacial score (nSPS) is 12.0. The number of nitrogens with two attached hydrogens (primary N) is 1. The molecule has 0 saturated carbocycles. The third-order valence-corrected chi connectivity index (χ3v) is 5.65. The highest BCUT2D eigenvalue weighted by Crippen LogP contribution is 2.38. The van der Waals surface area contributed by atoms with Crippen LogP contribution in [-0.4, -0.2) is 44.9 Å². The van der Waals surface area contributed by atoms with Crippen molar-refractivity contribution in [1.29, 1.82) is 0 Å². The molecule has 0 aliphatic heterocycles. The Kier molecular flexibility index (Phi) is 6.74. The molecule has 2 heterocycles. The van der Waals surface area contributed by atoms with Crippen molar-refractivity contribution in [3.63, 3.8) is 0 Å². The minimum absolute atomic E-state index is 0.141. The van der Waals surface area contributed by atoms with Crippen molar-refractivity contribution < 1.29 is 10.2 Å². The van der Waals surface area contributed by atoms with E-state index in [0.29, 0.717) is 24.4 Å². The van der Waals surface area contributed by atoms with Gasteiger partial charge in [0.1, 0.15) is 5.52 Å². The van der Waals surface area contributed by atoms with Gasteiger partial charge in [-0.2, -0.15) is 0 Å². The van der Waals surface area contributed by atoms with Crippen LogP contribution in [0, 0.1) is 5.41 Å². The lowest BCUT2D eigenvalue weighted by atomic mass is 9.97. The van der Waals surface area contributed by atoms with Gasteiger partial charge in [0.05, 0.1) is 5.52 Å². The first kappa shape index (κ1) is 22.2. The van der Waals surface area contributed by atoms with Gasteiger partial charge in [-0.3, -0.25) is 0 Å². The second kappa shape index (κ2) is 9.11. The maximum atomic E-state index is 10.0. The van der Waals surface area contributed by atoms with Gasteiger partial charge in [0.15, 0.2) is 22.5 Å². The third kappa shape index (κ3) is 5.16. The zero-order valence-corrected chi connectivity index (χ0v) is 18.7. The molecule has 162 valence electrons. The van der Waals surface area contributed by atoms with Gasteiger partial charge in [-0.25, -0.2) is 9.97 Å². The minimum Gasteiger partial charge on any atom is -0.504 e. The molecule has 3 rings (SSSR count). The topological polar surface area (TPSA) is 121 Å². The van der Waals surface area contributed by atoms with Crippen molar-refractivity contribution in [3.05, 3.63) is 30.0 Å². The maximum absolute atomic E-state index is 10.0. The van der Waals surface area contributed by atoms with Crippen LogP contribution in [0.25, 0.3) is 11.0 Å². The fourth-order valence-corrected chi connectivity index (χ4v) is 4.19. The van der Waals surface area contributed by atoms with E-state index in [-0.39, 0.29) is 16.9 Å². The highest BCUT2D eigenvalue weighted by Gasteiger charge is 2.18. The number of nitrogens with zero attached hydrogens (tertiary/aromatic N) is 3. The molecular formula is C21H30N6O2S. The van der Waals surface area contributed by atoms with Gasteiger partial charge in [0.2, 0.25) is 0 Å². The molecule has 2 aromatic heterocycles. The molecule has 0 atom stereocenters. The van der Waals surface area contributed by atoms with E-state index in [4.69, 9.17) is 10.7 Å². The number of pyridine rings is 1. The zero-order chi connectivity index (χ0) is 21.9. The second-order valence-corrected chi connectivity index (χ2v) is 9.44. The number of phenols is 2. The molecule has 0 unspecified atom stereocenters. The molecule has 30 heavy (non-hydrogen) atoms. The van der Waals surface area contributed by atoms with Crippen molar-refractivity contribution in [1.82, 2.24) is 25.2 Å². The van der Waals surface area contributed by atoms with Crippen LogP contribution in [0.1, 0.15) is 26.3 Å². The number of rotatable bonds is 8. The van der Waals surface area contributed by atoms with Crippen LogP contribution in [0.5, 0.6) is 11.5 Å². The van der Waals surface area contributed by atoms with Crippen LogP contribution < -0.4 is 16.4 Å². The summed E-state index contributed by atoms with van der Waals surface area (Å²) in [6.45, 7) is 9.53. The standard InChI is InChI=1S/C21H30N6O2S/c1-21(2,3)12-24-7-8-27-14-5-6-25-19(22)18(14)26-20(27)30-17-10-16(29)15(28)9-13(17)11-23-4/h5-6,9-10,23-24,28-29H,7-8,11-12H2,1-4H3,(H2,22,25). The quantitative estimate of drug-likeness (QED) is 0.273. The van der Waals surface area contributed by atoms with E-state index < -0.39 is 0 Å². The Balaban J connectivity index is 1.95. The van der Waals surface area contributed by atoms with Crippen molar-refractivity contribution in [3.8, 4) is 11.5 Å². The number of phenolic OH excluding ortho intramolecular Hbond substituents is 2. The highest BCUT2D eigenvalue weighted by atomic mass is 32.2. The Morgan fingerprint density at radius 1 is 1.20 bits per heavy atom. The van der Waals surface area contributed by atoms with Crippen molar-refractivity contribution in [2.24, 2.45) is 5.41 Å². The molecule has 1 aromatic carbocycles. The van der Waals surface area contributed by atoms with Crippen LogP contribution in [0.2, 0.25) is 0 Å². The number of benzene rings is 1. The molecule has 0 spiro atoms. The Labute approximate surface area is 180 Å². The number of anilines is 1. The summed E-state index contributed by atoms with van der Waals surface area (Å²) in [6, 6.07) is 5.05. The van der Waals surface area contributed by atoms with Gasteiger partial charge >= 0.3 is 0 Å². The maximum Gasteiger partial charge on any atom is 0.174 e. The van der Waals surface area contributed by atoms with Gasteiger partial charge in [-0.05, 0) is 36.2 Å². The lowest BCUT2D eigenvalue weighted by Gasteiger charge is -2.19. The molecule has 6 N–H and O–H groups in total. The third-order valence-electron chi connectivity index (χ3n) is 4.55. The summed E-state index contributed by atoms with van der Waals surface area (Å²) in [5.41, 5.74) is 8.72. The van der Waals surface area contributed by atoms with E-state index in [1.807, 2.05) is 13.1 Å². The fourth-order valence-electron chi connectivity index (χ4n) is 3.12. The molecule has 0 saturated heterocycles. The summed E-state index contributed by atoms with van der Waals surface area (Å²) < 4.78 is 2.11. The molecule has 3 aromatic rings. The molecule has 9 heteroatoms. The number of aromatic hydroxyl groups is 2. The highest BCUT2D eigenvalue weighted by molar-refractivity contribution is 7.99. The summed E-state index contributed by atoms with van der Waals surface area (Å²) in [4.78, 5) is 9.71. The predicted molar refractivity (Wildman–Crippen MR) is 121 cm³/mol. The minimum atomic E-state index is -0.159. The van der Waals surface area contributed by atoms with Crippen molar-refractivity contribution in [2.75, 3.05) is 25.9 Å². The number of imidazole rings is 1. The Hall–Kier alpha value is -2.49. The lowest BCUT2D eigenvalue weighted by Crippen LogP contribution is -2.29. The monoisotopic (exact) mass is 430 g/mol. The van der Waals surface area contributed by atoms with Crippen LogP contribution in [-0.2, 0) is 13.1 Å². The van der Waals surface area contributed by atoms with Gasteiger partial charge in [0.25, 0.3) is 0 Å². The number of nitrogen functional groups attached to an aromatic ring is 1. The molecule has 0 bridgehead atoms. The zero-order valence-electron chi connectivity index (χ0n) is 17.9. The first-order chi connectivity index (χ1) is 14.2. The average Bonchev–Trinajstić information content (AvgIpc) is 3.01. The molecule has 8 nitrogen and oxygen atoms in total. The Morgan fingerprint density at radius 2 is 1.93 bits per heavy atom. The van der Waals surface area contributed by atoms with Crippen molar-refractivity contribution in [2.45, 2.75) is 43.9 Å². The van der Waals surface area contributed by atoms with Crippen LogP contribution in [0.15, 0.2) is 34.4 Å². The second-order valence-electron chi connectivity index (χ2n) is 8.43. The summed E-state index contributed by atoms with van der Waals surface area (Å²) in [6.07, 6.45) is 1.69. The first-order valence-corrected chi connectivity index (χ1v) is 10.7. The smallest absolute Gasteiger partial charge is 0.174 e. The molecular weight excluding hydrogens is 400 g/mol. The summed E-state index contributed by atoms with van der Waals surface area (Å²) in [5, 5.41) is 27.3. The van der Waals surface area contributed by atoms with Crippen LogP contribution >= 0.6 is 11.8 Å². The number of hydrogen-bond acceptors (Lipinski definition) is 8. The molecule has 0 radical (unpaired) electrons. The largest absolute Gasteiger partial charge is 0.504 e. The summed E-state index contributed by atoms with van der Waals surface area (Å²) in [5.74, 6) is 0.0886. The summed E-state index contributed by atoms with van der Waals surface area (Å²) >= 11 is 1.43.